The van der Waals surface area contributed by atoms with E-state index in [1.165, 1.54) is 0 Å². The van der Waals surface area contributed by atoms with Crippen molar-refractivity contribution in [3.8, 4) is 11.5 Å². The summed E-state index contributed by atoms with van der Waals surface area (Å²) in [4.78, 5) is 0. The Hall–Kier alpha value is -1.80. The third-order valence-corrected chi connectivity index (χ3v) is 2.70. The third kappa shape index (κ3) is 3.08. The summed E-state index contributed by atoms with van der Waals surface area (Å²) in [5.74, 6) is 1.67. The topological polar surface area (TPSA) is 35.2 Å². The Bertz CT molecular complexity index is 467. The molecule has 0 heterocycles. The van der Waals surface area contributed by atoms with Gasteiger partial charge in [0, 0.05) is 6.04 Å². The van der Waals surface area contributed by atoms with E-state index in [1.54, 1.807) is 0 Å². The van der Waals surface area contributed by atoms with Crippen LogP contribution >= 0.6 is 0 Å². The number of rotatable bonds is 4. The molecule has 0 aliphatic heterocycles. The molecule has 0 saturated heterocycles. The van der Waals surface area contributed by atoms with Crippen LogP contribution in [-0.4, -0.2) is 0 Å². The summed E-state index contributed by atoms with van der Waals surface area (Å²) >= 11 is 0. The van der Waals surface area contributed by atoms with Crippen LogP contribution in [0.2, 0.25) is 0 Å². The van der Waals surface area contributed by atoms with Gasteiger partial charge in [-0.25, -0.2) is 0 Å². The molecule has 0 aliphatic carbocycles. The van der Waals surface area contributed by atoms with Crippen molar-refractivity contribution in [2.45, 2.75) is 19.4 Å². The minimum atomic E-state index is 0.0781. The molecular formula is C15H17NO. The van der Waals surface area contributed by atoms with Crippen LogP contribution in [0.15, 0.2) is 54.6 Å². The molecule has 88 valence electrons. The van der Waals surface area contributed by atoms with Gasteiger partial charge in [-0.2, -0.15) is 0 Å². The van der Waals surface area contributed by atoms with E-state index in [0.29, 0.717) is 0 Å². The van der Waals surface area contributed by atoms with Crippen LogP contribution in [0.25, 0.3) is 0 Å². The van der Waals surface area contributed by atoms with Crippen molar-refractivity contribution >= 4 is 0 Å². The SMILES string of the molecule is CCC(N)c1cccc(Oc2ccccc2)c1. The molecule has 2 N–H and O–H groups in total. The molecular weight excluding hydrogens is 210 g/mol. The van der Waals surface area contributed by atoms with Gasteiger partial charge in [0.15, 0.2) is 0 Å². The van der Waals surface area contributed by atoms with Crippen molar-refractivity contribution in [3.63, 3.8) is 0 Å². The largest absolute Gasteiger partial charge is 0.457 e. The van der Waals surface area contributed by atoms with Crippen molar-refractivity contribution < 1.29 is 4.74 Å². The predicted molar refractivity (Wildman–Crippen MR) is 70.2 cm³/mol. The van der Waals surface area contributed by atoms with E-state index < -0.39 is 0 Å². The zero-order valence-electron chi connectivity index (χ0n) is 9.97. The number of hydrogen-bond donors (Lipinski definition) is 1. The third-order valence-electron chi connectivity index (χ3n) is 2.70. The highest BCUT2D eigenvalue weighted by atomic mass is 16.5. The molecule has 0 radical (unpaired) electrons. The molecule has 0 aromatic heterocycles. The van der Waals surface area contributed by atoms with Crippen molar-refractivity contribution in [1.29, 1.82) is 0 Å². The zero-order chi connectivity index (χ0) is 12.1. The summed E-state index contributed by atoms with van der Waals surface area (Å²) in [5.41, 5.74) is 7.11. The summed E-state index contributed by atoms with van der Waals surface area (Å²) in [7, 11) is 0. The van der Waals surface area contributed by atoms with Crippen LogP contribution < -0.4 is 10.5 Å². The quantitative estimate of drug-likeness (QED) is 0.860. The number of hydrogen-bond acceptors (Lipinski definition) is 2. The Kier molecular flexibility index (Phi) is 3.78. The van der Waals surface area contributed by atoms with Gasteiger partial charge in [0.25, 0.3) is 0 Å². The van der Waals surface area contributed by atoms with Gasteiger partial charge >= 0.3 is 0 Å². The highest BCUT2D eigenvalue weighted by molar-refractivity contribution is 5.34. The van der Waals surface area contributed by atoms with Gasteiger partial charge in [-0.15, -0.1) is 0 Å². The molecule has 17 heavy (non-hydrogen) atoms. The molecule has 2 nitrogen and oxygen atoms in total. The first-order chi connectivity index (χ1) is 8.29. The molecule has 0 bridgehead atoms. The lowest BCUT2D eigenvalue weighted by molar-refractivity contribution is 0.481. The van der Waals surface area contributed by atoms with Gasteiger partial charge in [-0.3, -0.25) is 0 Å². The van der Waals surface area contributed by atoms with E-state index in [2.05, 4.69) is 6.92 Å². The van der Waals surface area contributed by atoms with Crippen LogP contribution in [0.3, 0.4) is 0 Å². The summed E-state index contributed by atoms with van der Waals surface area (Å²) in [6, 6.07) is 17.8. The van der Waals surface area contributed by atoms with Crippen LogP contribution in [-0.2, 0) is 0 Å². The van der Waals surface area contributed by atoms with E-state index >= 15 is 0 Å². The molecule has 1 unspecified atom stereocenters. The lowest BCUT2D eigenvalue weighted by atomic mass is 10.1. The van der Waals surface area contributed by atoms with Crippen LogP contribution in [0, 0.1) is 0 Å². The lowest BCUT2D eigenvalue weighted by Gasteiger charge is -2.11. The summed E-state index contributed by atoms with van der Waals surface area (Å²) in [6.07, 6.45) is 0.925. The fourth-order valence-electron chi connectivity index (χ4n) is 1.67. The Morgan fingerprint density at radius 2 is 1.71 bits per heavy atom. The minimum Gasteiger partial charge on any atom is -0.457 e. The van der Waals surface area contributed by atoms with Crippen LogP contribution in [0.1, 0.15) is 24.9 Å². The molecule has 0 amide bonds. The number of para-hydroxylation sites is 1. The van der Waals surface area contributed by atoms with Crippen molar-refractivity contribution in [2.24, 2.45) is 5.73 Å². The maximum Gasteiger partial charge on any atom is 0.127 e. The average Bonchev–Trinajstić information content (AvgIpc) is 2.39. The Morgan fingerprint density at radius 3 is 2.41 bits per heavy atom. The monoisotopic (exact) mass is 227 g/mol. The first-order valence-corrected chi connectivity index (χ1v) is 5.88. The number of benzene rings is 2. The second kappa shape index (κ2) is 5.51. The molecule has 1 atom stereocenters. The van der Waals surface area contributed by atoms with E-state index in [-0.39, 0.29) is 6.04 Å². The Balaban J connectivity index is 2.17. The zero-order valence-corrected chi connectivity index (χ0v) is 9.97. The van der Waals surface area contributed by atoms with E-state index in [9.17, 15) is 0 Å². The number of nitrogens with two attached hydrogens (primary N) is 1. The number of ether oxygens (including phenoxy) is 1. The summed E-state index contributed by atoms with van der Waals surface area (Å²) in [5, 5.41) is 0. The lowest BCUT2D eigenvalue weighted by Crippen LogP contribution is -2.08. The van der Waals surface area contributed by atoms with Crippen molar-refractivity contribution in [2.75, 3.05) is 0 Å². The van der Waals surface area contributed by atoms with E-state index in [0.717, 1.165) is 23.5 Å². The molecule has 2 aromatic carbocycles. The van der Waals surface area contributed by atoms with Gasteiger partial charge in [0.2, 0.25) is 0 Å². The smallest absolute Gasteiger partial charge is 0.127 e. The van der Waals surface area contributed by atoms with Crippen molar-refractivity contribution in [3.05, 3.63) is 60.2 Å². The Morgan fingerprint density at radius 1 is 1.00 bits per heavy atom. The predicted octanol–water partition coefficient (Wildman–Crippen LogP) is 3.89. The molecule has 0 spiro atoms. The maximum atomic E-state index is 6.00. The standard InChI is InChI=1S/C15H17NO/c1-2-15(16)12-7-6-10-14(11-12)17-13-8-4-3-5-9-13/h3-11,15H,2,16H2,1H3. The van der Waals surface area contributed by atoms with E-state index in [1.807, 2.05) is 54.6 Å². The minimum absolute atomic E-state index is 0.0781. The van der Waals surface area contributed by atoms with Gasteiger partial charge in [0.05, 0.1) is 0 Å². The molecule has 2 rings (SSSR count). The first-order valence-electron chi connectivity index (χ1n) is 5.88. The average molecular weight is 227 g/mol. The fourth-order valence-corrected chi connectivity index (χ4v) is 1.67. The summed E-state index contributed by atoms with van der Waals surface area (Å²) in [6.45, 7) is 2.08. The molecule has 0 saturated carbocycles. The fraction of sp³-hybridized carbons (Fsp3) is 0.200. The van der Waals surface area contributed by atoms with Crippen LogP contribution in [0.4, 0.5) is 0 Å². The van der Waals surface area contributed by atoms with Gasteiger partial charge in [-0.05, 0) is 36.2 Å². The van der Waals surface area contributed by atoms with Gasteiger partial charge in [-0.1, -0.05) is 37.3 Å². The highest BCUT2D eigenvalue weighted by Gasteiger charge is 2.04. The van der Waals surface area contributed by atoms with Gasteiger partial charge in [0.1, 0.15) is 11.5 Å². The second-order valence-corrected chi connectivity index (χ2v) is 4.00. The van der Waals surface area contributed by atoms with Crippen LogP contribution in [0.5, 0.6) is 11.5 Å². The van der Waals surface area contributed by atoms with Crippen molar-refractivity contribution in [1.82, 2.24) is 0 Å². The molecule has 0 aliphatic rings. The maximum absolute atomic E-state index is 6.00. The van der Waals surface area contributed by atoms with E-state index in [4.69, 9.17) is 10.5 Å². The molecule has 2 aromatic rings. The normalized spacial score (nSPS) is 12.1. The molecule has 0 fully saturated rings. The summed E-state index contributed by atoms with van der Waals surface area (Å²) < 4.78 is 5.76. The van der Waals surface area contributed by atoms with Gasteiger partial charge < -0.3 is 10.5 Å². The second-order valence-electron chi connectivity index (χ2n) is 4.00. The first kappa shape index (κ1) is 11.7. The molecule has 2 heteroatoms. The highest BCUT2D eigenvalue weighted by Crippen LogP contribution is 2.24. The Labute approximate surface area is 102 Å².